The normalized spacial score (nSPS) is 25.9. The number of carbonyl (C=O) groups excluding carboxylic acids is 1. The highest BCUT2D eigenvalue weighted by Gasteiger charge is 2.24. The van der Waals surface area contributed by atoms with Gasteiger partial charge in [-0.2, -0.15) is 0 Å². The SMILES string of the molecule is CC1CCCCCN1C(CN)CC(N)=O. The molecule has 4 heteroatoms. The zero-order valence-electron chi connectivity index (χ0n) is 9.61. The van der Waals surface area contributed by atoms with Crippen LogP contribution in [0.4, 0.5) is 0 Å². The summed E-state index contributed by atoms with van der Waals surface area (Å²) in [6.07, 6.45) is 5.37. The van der Waals surface area contributed by atoms with Gasteiger partial charge in [-0.3, -0.25) is 9.69 Å². The Morgan fingerprint density at radius 1 is 1.47 bits per heavy atom. The van der Waals surface area contributed by atoms with Crippen LogP contribution in [-0.2, 0) is 4.79 Å². The third kappa shape index (κ3) is 3.80. The predicted molar refractivity (Wildman–Crippen MR) is 61.3 cm³/mol. The number of amides is 1. The Labute approximate surface area is 92.0 Å². The van der Waals surface area contributed by atoms with E-state index in [0.29, 0.717) is 19.0 Å². The molecule has 0 aromatic heterocycles. The molecule has 4 nitrogen and oxygen atoms in total. The Kier molecular flexibility index (Phi) is 5.05. The smallest absolute Gasteiger partial charge is 0.219 e. The van der Waals surface area contributed by atoms with Crippen molar-refractivity contribution < 1.29 is 4.79 Å². The molecule has 0 aromatic rings. The van der Waals surface area contributed by atoms with Crippen molar-refractivity contribution >= 4 is 5.91 Å². The average molecular weight is 213 g/mol. The summed E-state index contributed by atoms with van der Waals surface area (Å²) in [7, 11) is 0. The third-order valence-electron chi connectivity index (χ3n) is 3.28. The molecule has 88 valence electrons. The van der Waals surface area contributed by atoms with E-state index < -0.39 is 0 Å². The maximum absolute atomic E-state index is 10.9. The van der Waals surface area contributed by atoms with Gasteiger partial charge in [0.2, 0.25) is 5.91 Å². The van der Waals surface area contributed by atoms with Crippen LogP contribution in [0.5, 0.6) is 0 Å². The van der Waals surface area contributed by atoms with E-state index in [9.17, 15) is 4.79 Å². The monoisotopic (exact) mass is 213 g/mol. The van der Waals surface area contributed by atoms with Crippen LogP contribution in [-0.4, -0.2) is 36.0 Å². The molecule has 0 aliphatic carbocycles. The van der Waals surface area contributed by atoms with Crippen LogP contribution >= 0.6 is 0 Å². The summed E-state index contributed by atoms with van der Waals surface area (Å²) in [6.45, 7) is 3.79. The van der Waals surface area contributed by atoms with Gasteiger partial charge in [0.1, 0.15) is 0 Å². The Hall–Kier alpha value is -0.610. The van der Waals surface area contributed by atoms with E-state index in [2.05, 4.69) is 11.8 Å². The van der Waals surface area contributed by atoms with Crippen LogP contribution in [0.25, 0.3) is 0 Å². The van der Waals surface area contributed by atoms with Crippen molar-refractivity contribution in [3.8, 4) is 0 Å². The molecule has 1 heterocycles. The minimum absolute atomic E-state index is 0.135. The second-order valence-corrected chi connectivity index (χ2v) is 4.50. The molecule has 0 radical (unpaired) electrons. The third-order valence-corrected chi connectivity index (χ3v) is 3.28. The second kappa shape index (κ2) is 6.08. The molecule has 2 unspecified atom stereocenters. The van der Waals surface area contributed by atoms with Crippen LogP contribution in [0, 0.1) is 0 Å². The predicted octanol–water partition coefficient (Wildman–Crippen LogP) is 0.454. The zero-order chi connectivity index (χ0) is 11.3. The number of hydrogen-bond donors (Lipinski definition) is 2. The second-order valence-electron chi connectivity index (χ2n) is 4.50. The highest BCUT2D eigenvalue weighted by atomic mass is 16.1. The van der Waals surface area contributed by atoms with Crippen LogP contribution < -0.4 is 11.5 Å². The summed E-state index contributed by atoms with van der Waals surface area (Å²) in [5.74, 6) is -0.248. The molecule has 1 saturated heterocycles. The fraction of sp³-hybridized carbons (Fsp3) is 0.909. The molecule has 15 heavy (non-hydrogen) atoms. The molecule has 1 rings (SSSR count). The van der Waals surface area contributed by atoms with Gasteiger partial charge in [-0.1, -0.05) is 12.8 Å². The topological polar surface area (TPSA) is 72.3 Å². The number of nitrogens with two attached hydrogens (primary N) is 2. The molecule has 0 aromatic carbocycles. The van der Waals surface area contributed by atoms with E-state index in [1.807, 2.05) is 0 Å². The van der Waals surface area contributed by atoms with Crippen molar-refractivity contribution in [1.29, 1.82) is 0 Å². The maximum atomic E-state index is 10.9. The minimum Gasteiger partial charge on any atom is -0.370 e. The minimum atomic E-state index is -0.248. The van der Waals surface area contributed by atoms with Crippen LogP contribution in [0.3, 0.4) is 0 Å². The van der Waals surface area contributed by atoms with Gasteiger partial charge < -0.3 is 11.5 Å². The molecular weight excluding hydrogens is 190 g/mol. The van der Waals surface area contributed by atoms with Gasteiger partial charge in [0.15, 0.2) is 0 Å². The van der Waals surface area contributed by atoms with E-state index in [4.69, 9.17) is 11.5 Å². The lowest BCUT2D eigenvalue weighted by molar-refractivity contribution is -0.119. The fourth-order valence-electron chi connectivity index (χ4n) is 2.41. The first kappa shape index (κ1) is 12.5. The lowest BCUT2D eigenvalue weighted by Crippen LogP contribution is -2.47. The first-order valence-corrected chi connectivity index (χ1v) is 5.89. The first-order valence-electron chi connectivity index (χ1n) is 5.89. The van der Waals surface area contributed by atoms with Gasteiger partial charge in [0, 0.05) is 25.0 Å². The summed E-state index contributed by atoms with van der Waals surface area (Å²) in [5, 5.41) is 0. The van der Waals surface area contributed by atoms with E-state index in [-0.39, 0.29) is 11.9 Å². The van der Waals surface area contributed by atoms with Crippen molar-refractivity contribution in [3.05, 3.63) is 0 Å². The summed E-state index contributed by atoms with van der Waals surface area (Å²) in [4.78, 5) is 13.3. The van der Waals surface area contributed by atoms with Crippen molar-refractivity contribution in [2.45, 2.75) is 51.1 Å². The lowest BCUT2D eigenvalue weighted by atomic mass is 10.1. The molecule has 2 atom stereocenters. The molecule has 4 N–H and O–H groups in total. The Morgan fingerprint density at radius 2 is 2.20 bits per heavy atom. The van der Waals surface area contributed by atoms with Crippen molar-refractivity contribution in [2.75, 3.05) is 13.1 Å². The molecule has 0 bridgehead atoms. The first-order chi connectivity index (χ1) is 7.15. The standard InChI is InChI=1S/C11H23N3O/c1-9-5-3-2-4-6-14(9)10(8-12)7-11(13)15/h9-10H,2-8,12H2,1H3,(H2,13,15). The highest BCUT2D eigenvalue weighted by molar-refractivity contribution is 5.74. The quantitative estimate of drug-likeness (QED) is 0.712. The lowest BCUT2D eigenvalue weighted by Gasteiger charge is -2.34. The maximum Gasteiger partial charge on any atom is 0.219 e. The van der Waals surface area contributed by atoms with Gasteiger partial charge in [-0.15, -0.1) is 0 Å². The fourth-order valence-corrected chi connectivity index (χ4v) is 2.41. The van der Waals surface area contributed by atoms with E-state index in [0.717, 1.165) is 6.54 Å². The number of primary amides is 1. The molecule has 1 fully saturated rings. The number of rotatable bonds is 4. The average Bonchev–Trinajstić information content (AvgIpc) is 2.39. The van der Waals surface area contributed by atoms with Gasteiger partial charge in [-0.25, -0.2) is 0 Å². The summed E-state index contributed by atoms with van der Waals surface area (Å²) >= 11 is 0. The molecule has 1 amide bonds. The number of likely N-dealkylation sites (tertiary alicyclic amines) is 1. The molecule has 1 aliphatic heterocycles. The summed E-state index contributed by atoms with van der Waals surface area (Å²) < 4.78 is 0. The molecular formula is C11H23N3O. The Balaban J connectivity index is 2.58. The van der Waals surface area contributed by atoms with Gasteiger partial charge >= 0.3 is 0 Å². The largest absolute Gasteiger partial charge is 0.370 e. The van der Waals surface area contributed by atoms with E-state index in [1.54, 1.807) is 0 Å². The highest BCUT2D eigenvalue weighted by Crippen LogP contribution is 2.19. The number of nitrogens with zero attached hydrogens (tertiary/aromatic N) is 1. The molecule has 1 aliphatic rings. The van der Waals surface area contributed by atoms with E-state index in [1.165, 1.54) is 25.7 Å². The number of hydrogen-bond acceptors (Lipinski definition) is 3. The summed E-state index contributed by atoms with van der Waals surface area (Å²) in [5.41, 5.74) is 11.0. The zero-order valence-corrected chi connectivity index (χ0v) is 9.61. The van der Waals surface area contributed by atoms with Crippen LogP contribution in [0.2, 0.25) is 0 Å². The van der Waals surface area contributed by atoms with Crippen LogP contribution in [0.15, 0.2) is 0 Å². The number of carbonyl (C=O) groups is 1. The molecule has 0 saturated carbocycles. The Morgan fingerprint density at radius 3 is 2.80 bits per heavy atom. The Bertz CT molecular complexity index is 208. The molecule has 0 spiro atoms. The van der Waals surface area contributed by atoms with Gasteiger partial charge in [0.25, 0.3) is 0 Å². The van der Waals surface area contributed by atoms with Crippen molar-refractivity contribution in [1.82, 2.24) is 4.90 Å². The van der Waals surface area contributed by atoms with Gasteiger partial charge in [0.05, 0.1) is 0 Å². The van der Waals surface area contributed by atoms with Gasteiger partial charge in [-0.05, 0) is 26.3 Å². The van der Waals surface area contributed by atoms with Crippen LogP contribution in [0.1, 0.15) is 39.0 Å². The summed E-state index contributed by atoms with van der Waals surface area (Å²) in [6, 6.07) is 0.663. The van der Waals surface area contributed by atoms with Crippen molar-refractivity contribution in [3.63, 3.8) is 0 Å². The van der Waals surface area contributed by atoms with E-state index >= 15 is 0 Å². The van der Waals surface area contributed by atoms with Crippen molar-refractivity contribution in [2.24, 2.45) is 11.5 Å².